The number of esters is 1. The summed E-state index contributed by atoms with van der Waals surface area (Å²) >= 11 is 0. The quantitative estimate of drug-likeness (QED) is 0.826. The monoisotopic (exact) mass is 321 g/mol. The van der Waals surface area contributed by atoms with Gasteiger partial charge in [0.1, 0.15) is 23.3 Å². The van der Waals surface area contributed by atoms with Crippen LogP contribution in [0.4, 0.5) is 0 Å². The van der Waals surface area contributed by atoms with Gasteiger partial charge in [0.15, 0.2) is 5.76 Å². The summed E-state index contributed by atoms with van der Waals surface area (Å²) in [4.78, 5) is 35.0. The Balaban J connectivity index is 2.06. The van der Waals surface area contributed by atoms with E-state index in [9.17, 15) is 14.4 Å². The third-order valence-corrected chi connectivity index (χ3v) is 3.04. The highest BCUT2D eigenvalue weighted by atomic mass is 16.5. The smallest absolute Gasteiger partial charge is 0.341 e. The summed E-state index contributed by atoms with van der Waals surface area (Å²) in [5, 5.41) is 2.52. The van der Waals surface area contributed by atoms with E-state index in [-0.39, 0.29) is 23.6 Å². The molecule has 0 aliphatic rings. The van der Waals surface area contributed by atoms with Crippen LogP contribution in [-0.2, 0) is 11.3 Å². The van der Waals surface area contributed by atoms with Gasteiger partial charge in [-0.2, -0.15) is 0 Å². The molecule has 0 aliphatic carbocycles. The minimum atomic E-state index is -0.599. The van der Waals surface area contributed by atoms with Crippen LogP contribution in [0.25, 0.3) is 0 Å². The molecule has 0 spiro atoms. The molecule has 0 unspecified atom stereocenters. The standard InChI is InChI=1S/C15H15NO7/c1-8-10(15(19)21-3)4-9(23-8)6-16-14(18)12-5-11(17)13(20-2)7-22-12/h4-5,7H,6H2,1-3H3,(H,16,18). The van der Waals surface area contributed by atoms with Gasteiger partial charge in [-0.15, -0.1) is 0 Å². The van der Waals surface area contributed by atoms with E-state index in [1.165, 1.54) is 20.3 Å². The number of ether oxygens (including phenoxy) is 2. The van der Waals surface area contributed by atoms with Crippen molar-refractivity contribution in [1.29, 1.82) is 0 Å². The minimum Gasteiger partial charge on any atom is -0.490 e. The number of hydrogen-bond acceptors (Lipinski definition) is 7. The molecule has 0 radical (unpaired) electrons. The molecule has 0 atom stereocenters. The van der Waals surface area contributed by atoms with Gasteiger partial charge in [-0.05, 0) is 13.0 Å². The number of rotatable bonds is 5. The number of amides is 1. The molecule has 8 nitrogen and oxygen atoms in total. The molecule has 122 valence electrons. The molecule has 0 bridgehead atoms. The first-order valence-electron chi connectivity index (χ1n) is 6.59. The molecule has 2 aromatic heterocycles. The topological polar surface area (TPSA) is 108 Å². The number of furan rings is 1. The van der Waals surface area contributed by atoms with Crippen LogP contribution in [0, 0.1) is 6.92 Å². The average molecular weight is 321 g/mol. The van der Waals surface area contributed by atoms with Crippen molar-refractivity contribution in [3.8, 4) is 5.75 Å². The number of methoxy groups -OCH3 is 2. The Morgan fingerprint density at radius 3 is 2.61 bits per heavy atom. The Kier molecular flexibility index (Phi) is 4.85. The second-order valence-corrected chi connectivity index (χ2v) is 4.53. The van der Waals surface area contributed by atoms with E-state index in [1.807, 2.05) is 0 Å². The van der Waals surface area contributed by atoms with Crippen molar-refractivity contribution in [3.05, 3.63) is 51.5 Å². The Morgan fingerprint density at radius 2 is 2.00 bits per heavy atom. The molecule has 2 aromatic rings. The van der Waals surface area contributed by atoms with E-state index >= 15 is 0 Å². The lowest BCUT2D eigenvalue weighted by molar-refractivity contribution is 0.0598. The average Bonchev–Trinajstić information content (AvgIpc) is 2.92. The molecule has 0 fully saturated rings. The van der Waals surface area contributed by atoms with Crippen LogP contribution < -0.4 is 15.5 Å². The number of nitrogens with one attached hydrogen (secondary N) is 1. The molecule has 1 N–H and O–H groups in total. The van der Waals surface area contributed by atoms with Crippen molar-refractivity contribution in [3.63, 3.8) is 0 Å². The van der Waals surface area contributed by atoms with Crippen molar-refractivity contribution in [2.45, 2.75) is 13.5 Å². The van der Waals surface area contributed by atoms with Crippen LogP contribution in [0.2, 0.25) is 0 Å². The fourth-order valence-electron chi connectivity index (χ4n) is 1.87. The lowest BCUT2D eigenvalue weighted by atomic mass is 10.2. The zero-order chi connectivity index (χ0) is 17.0. The van der Waals surface area contributed by atoms with Crippen LogP contribution >= 0.6 is 0 Å². The third kappa shape index (κ3) is 3.60. The molecule has 0 saturated heterocycles. The highest BCUT2D eigenvalue weighted by molar-refractivity contribution is 5.91. The normalized spacial score (nSPS) is 10.2. The second kappa shape index (κ2) is 6.82. The van der Waals surface area contributed by atoms with Gasteiger partial charge < -0.3 is 23.6 Å². The summed E-state index contributed by atoms with van der Waals surface area (Å²) in [5.41, 5.74) is -0.182. The summed E-state index contributed by atoms with van der Waals surface area (Å²) in [6, 6.07) is 2.51. The van der Waals surface area contributed by atoms with Gasteiger partial charge in [0.05, 0.1) is 20.8 Å². The SMILES string of the molecule is COC(=O)c1cc(CNC(=O)c2cc(=O)c(OC)co2)oc1C. The lowest BCUT2D eigenvalue weighted by Crippen LogP contribution is -2.23. The van der Waals surface area contributed by atoms with Crippen molar-refractivity contribution in [1.82, 2.24) is 5.32 Å². The Morgan fingerprint density at radius 1 is 1.26 bits per heavy atom. The van der Waals surface area contributed by atoms with E-state index in [1.54, 1.807) is 6.92 Å². The summed E-state index contributed by atoms with van der Waals surface area (Å²) in [7, 11) is 2.59. The Hall–Kier alpha value is -3.03. The third-order valence-electron chi connectivity index (χ3n) is 3.04. The van der Waals surface area contributed by atoms with Crippen molar-refractivity contribution >= 4 is 11.9 Å². The first kappa shape index (κ1) is 16.3. The minimum absolute atomic E-state index is 0.00549. The van der Waals surface area contributed by atoms with Crippen molar-refractivity contribution in [2.75, 3.05) is 14.2 Å². The van der Waals surface area contributed by atoms with Crippen LogP contribution in [0.15, 0.2) is 32.0 Å². The highest BCUT2D eigenvalue weighted by Gasteiger charge is 2.17. The van der Waals surface area contributed by atoms with Crippen LogP contribution in [0.3, 0.4) is 0 Å². The van der Waals surface area contributed by atoms with Crippen LogP contribution in [0.5, 0.6) is 5.75 Å². The zero-order valence-corrected chi connectivity index (χ0v) is 12.8. The molecular weight excluding hydrogens is 306 g/mol. The maximum atomic E-state index is 11.9. The molecule has 1 amide bonds. The van der Waals surface area contributed by atoms with Gasteiger partial charge in [-0.3, -0.25) is 9.59 Å². The van der Waals surface area contributed by atoms with E-state index in [0.717, 1.165) is 12.3 Å². The predicted octanol–water partition coefficient (Wildman–Crippen LogP) is 1.27. The maximum absolute atomic E-state index is 11.9. The molecule has 0 aliphatic heterocycles. The zero-order valence-electron chi connectivity index (χ0n) is 12.8. The highest BCUT2D eigenvalue weighted by Crippen LogP contribution is 2.15. The van der Waals surface area contributed by atoms with Gasteiger partial charge in [0.25, 0.3) is 5.91 Å². The van der Waals surface area contributed by atoms with Crippen LogP contribution in [-0.4, -0.2) is 26.1 Å². The van der Waals surface area contributed by atoms with E-state index in [4.69, 9.17) is 13.6 Å². The molecule has 0 saturated carbocycles. The van der Waals surface area contributed by atoms with Gasteiger partial charge in [-0.1, -0.05) is 0 Å². The Bertz CT molecular complexity index is 787. The van der Waals surface area contributed by atoms with E-state index < -0.39 is 17.3 Å². The van der Waals surface area contributed by atoms with Crippen LogP contribution in [0.1, 0.15) is 32.4 Å². The fourth-order valence-corrected chi connectivity index (χ4v) is 1.87. The predicted molar refractivity (Wildman–Crippen MR) is 77.5 cm³/mol. The second-order valence-electron chi connectivity index (χ2n) is 4.53. The number of aryl methyl sites for hydroxylation is 1. The van der Waals surface area contributed by atoms with E-state index in [0.29, 0.717) is 11.5 Å². The molecular formula is C15H15NO7. The number of carbonyl (C=O) groups excluding carboxylic acids is 2. The van der Waals surface area contributed by atoms with E-state index in [2.05, 4.69) is 10.1 Å². The number of carbonyl (C=O) groups is 2. The van der Waals surface area contributed by atoms with Gasteiger partial charge >= 0.3 is 5.97 Å². The molecule has 8 heteroatoms. The maximum Gasteiger partial charge on any atom is 0.341 e. The van der Waals surface area contributed by atoms with Gasteiger partial charge in [0.2, 0.25) is 11.2 Å². The van der Waals surface area contributed by atoms with Crippen molar-refractivity contribution < 1.29 is 27.9 Å². The summed E-state index contributed by atoms with van der Waals surface area (Å²) in [6.45, 7) is 1.63. The number of hydrogen-bond donors (Lipinski definition) is 1. The van der Waals surface area contributed by atoms with Gasteiger partial charge in [-0.25, -0.2) is 4.79 Å². The largest absolute Gasteiger partial charge is 0.490 e. The Labute approximate surface area is 131 Å². The first-order chi connectivity index (χ1) is 11.0. The lowest BCUT2D eigenvalue weighted by Gasteiger charge is -2.03. The molecule has 23 heavy (non-hydrogen) atoms. The van der Waals surface area contributed by atoms with Gasteiger partial charge in [0, 0.05) is 6.07 Å². The molecule has 2 heterocycles. The van der Waals surface area contributed by atoms with Crippen molar-refractivity contribution in [2.24, 2.45) is 0 Å². The first-order valence-corrected chi connectivity index (χ1v) is 6.59. The molecule has 2 rings (SSSR count). The summed E-state index contributed by atoms with van der Waals surface area (Å²) in [5.74, 6) is -0.522. The summed E-state index contributed by atoms with van der Waals surface area (Å²) in [6.07, 6.45) is 1.06. The summed E-state index contributed by atoms with van der Waals surface area (Å²) < 4.78 is 19.8. The molecule has 0 aromatic carbocycles. The fraction of sp³-hybridized carbons (Fsp3) is 0.267.